The van der Waals surface area contributed by atoms with Gasteiger partial charge in [0, 0.05) is 17.0 Å². The van der Waals surface area contributed by atoms with Crippen LogP contribution in [-0.2, 0) is 11.4 Å². The van der Waals surface area contributed by atoms with Crippen molar-refractivity contribution in [1.82, 2.24) is 4.90 Å². The van der Waals surface area contributed by atoms with E-state index >= 15 is 0 Å². The summed E-state index contributed by atoms with van der Waals surface area (Å²) in [7, 11) is 0. The number of benzene rings is 2. The quantitative estimate of drug-likeness (QED) is 0.616. The van der Waals surface area contributed by atoms with Crippen LogP contribution >= 0.6 is 11.3 Å². The minimum absolute atomic E-state index is 0.115. The highest BCUT2D eigenvalue weighted by atomic mass is 32.1. The monoisotopic (exact) mass is 393 g/mol. The molecule has 5 heteroatoms. The van der Waals surface area contributed by atoms with Crippen LogP contribution in [0.4, 0.5) is 0 Å². The van der Waals surface area contributed by atoms with Gasteiger partial charge >= 0.3 is 5.97 Å². The molecular weight excluding hydrogens is 370 g/mol. The number of hydrogen-bond donors (Lipinski definition) is 1. The third-order valence-electron chi connectivity index (χ3n) is 5.17. The number of carbonyl (C=O) groups is 1. The number of nitrogens with zero attached hydrogens (tertiary/aromatic N) is 1. The van der Waals surface area contributed by atoms with Crippen molar-refractivity contribution < 1.29 is 14.6 Å². The van der Waals surface area contributed by atoms with E-state index in [0.717, 1.165) is 34.7 Å². The molecule has 28 heavy (non-hydrogen) atoms. The molecule has 2 unspecified atom stereocenters. The number of ether oxygens (including phenoxy) is 1. The largest absolute Gasteiger partial charge is 0.489 e. The van der Waals surface area contributed by atoms with E-state index in [1.165, 1.54) is 0 Å². The molecule has 2 heterocycles. The van der Waals surface area contributed by atoms with Crippen molar-refractivity contribution in [3.8, 4) is 5.75 Å². The number of hydrogen-bond acceptors (Lipinski definition) is 4. The Bertz CT molecular complexity index is 911. The van der Waals surface area contributed by atoms with Crippen LogP contribution in [0.25, 0.3) is 0 Å². The van der Waals surface area contributed by atoms with Crippen molar-refractivity contribution in [3.05, 3.63) is 88.1 Å². The lowest BCUT2D eigenvalue weighted by molar-refractivity contribution is -0.142. The molecule has 1 aliphatic rings. The molecule has 2 atom stereocenters. The molecule has 0 radical (unpaired) electrons. The summed E-state index contributed by atoms with van der Waals surface area (Å²) in [4.78, 5) is 15.1. The Hall–Kier alpha value is -2.63. The molecule has 0 aliphatic carbocycles. The van der Waals surface area contributed by atoms with Crippen LogP contribution in [0.3, 0.4) is 0 Å². The molecule has 0 bridgehead atoms. The van der Waals surface area contributed by atoms with Crippen LogP contribution < -0.4 is 4.74 Å². The highest BCUT2D eigenvalue weighted by molar-refractivity contribution is 7.10. The van der Waals surface area contributed by atoms with Gasteiger partial charge in [-0.15, -0.1) is 11.3 Å². The minimum atomic E-state index is -0.748. The van der Waals surface area contributed by atoms with Crippen LogP contribution in [0.5, 0.6) is 5.75 Å². The number of carboxylic acids is 1. The summed E-state index contributed by atoms with van der Waals surface area (Å²) >= 11 is 1.66. The Morgan fingerprint density at radius 2 is 1.89 bits per heavy atom. The topological polar surface area (TPSA) is 49.8 Å². The Morgan fingerprint density at radius 1 is 1.11 bits per heavy atom. The summed E-state index contributed by atoms with van der Waals surface area (Å²) in [5.41, 5.74) is 2.13. The van der Waals surface area contributed by atoms with E-state index in [-0.39, 0.29) is 6.04 Å². The fourth-order valence-electron chi connectivity index (χ4n) is 3.88. The summed E-state index contributed by atoms with van der Waals surface area (Å²) in [6, 6.07) is 21.6. The average Bonchev–Trinajstić information content (AvgIpc) is 3.41. The lowest BCUT2D eigenvalue weighted by Crippen LogP contribution is -2.39. The molecule has 1 fully saturated rings. The number of aliphatic carboxylic acids is 1. The summed E-state index contributed by atoms with van der Waals surface area (Å²) in [5.74, 6) is 0.0579. The third kappa shape index (κ3) is 3.96. The van der Waals surface area contributed by atoms with E-state index in [9.17, 15) is 9.90 Å². The van der Waals surface area contributed by atoms with Crippen LogP contribution in [0.2, 0.25) is 0 Å². The van der Waals surface area contributed by atoms with Gasteiger partial charge in [-0.1, -0.05) is 54.6 Å². The maximum atomic E-state index is 11.8. The van der Waals surface area contributed by atoms with Crippen LogP contribution in [0.1, 0.15) is 34.9 Å². The van der Waals surface area contributed by atoms with Crippen molar-refractivity contribution in [1.29, 1.82) is 0 Å². The fraction of sp³-hybridized carbons (Fsp3) is 0.261. The van der Waals surface area contributed by atoms with E-state index in [4.69, 9.17) is 4.74 Å². The zero-order chi connectivity index (χ0) is 19.3. The predicted molar refractivity (Wildman–Crippen MR) is 111 cm³/mol. The van der Waals surface area contributed by atoms with Gasteiger partial charge in [-0.25, -0.2) is 0 Å². The van der Waals surface area contributed by atoms with Gasteiger partial charge in [-0.2, -0.15) is 0 Å². The lowest BCUT2D eigenvalue weighted by Gasteiger charge is -2.32. The zero-order valence-corrected chi connectivity index (χ0v) is 16.3. The fourth-order valence-corrected chi connectivity index (χ4v) is 4.74. The van der Waals surface area contributed by atoms with E-state index in [2.05, 4.69) is 17.0 Å². The molecular formula is C23H23NO3S. The predicted octanol–water partition coefficient (Wildman–Crippen LogP) is 4.97. The van der Waals surface area contributed by atoms with Gasteiger partial charge in [0.05, 0.1) is 6.04 Å². The van der Waals surface area contributed by atoms with E-state index in [1.807, 2.05) is 60.0 Å². The SMILES string of the molecule is O=C(O)C1CCCN1C(c1cccs1)c1ccccc1OCc1ccccc1. The van der Waals surface area contributed by atoms with Gasteiger partial charge < -0.3 is 9.84 Å². The van der Waals surface area contributed by atoms with Gasteiger partial charge in [-0.3, -0.25) is 9.69 Å². The molecule has 0 saturated carbocycles. The molecule has 1 saturated heterocycles. The lowest BCUT2D eigenvalue weighted by atomic mass is 10.0. The number of para-hydroxylation sites is 1. The first-order valence-electron chi connectivity index (χ1n) is 9.51. The maximum Gasteiger partial charge on any atom is 0.320 e. The van der Waals surface area contributed by atoms with Crippen LogP contribution in [0.15, 0.2) is 72.1 Å². The summed E-state index contributed by atoms with van der Waals surface area (Å²) in [6.07, 6.45) is 1.58. The number of carboxylic acid groups (broad SMARTS) is 1. The first-order valence-corrected chi connectivity index (χ1v) is 10.4. The Morgan fingerprint density at radius 3 is 2.64 bits per heavy atom. The first-order chi connectivity index (χ1) is 13.7. The summed E-state index contributed by atoms with van der Waals surface area (Å²) < 4.78 is 6.19. The molecule has 2 aromatic carbocycles. The highest BCUT2D eigenvalue weighted by Gasteiger charge is 2.38. The smallest absolute Gasteiger partial charge is 0.320 e. The molecule has 144 valence electrons. The molecule has 4 nitrogen and oxygen atoms in total. The molecule has 4 rings (SSSR count). The number of likely N-dealkylation sites (tertiary alicyclic amines) is 1. The number of thiophene rings is 1. The average molecular weight is 394 g/mol. The molecule has 0 amide bonds. The second-order valence-corrected chi connectivity index (χ2v) is 7.94. The first kappa shape index (κ1) is 18.7. The molecule has 1 aromatic heterocycles. The van der Waals surface area contributed by atoms with Crippen molar-refractivity contribution in [2.45, 2.75) is 31.5 Å². The van der Waals surface area contributed by atoms with Gasteiger partial charge in [-0.05, 0) is 35.9 Å². The van der Waals surface area contributed by atoms with E-state index in [0.29, 0.717) is 13.0 Å². The van der Waals surface area contributed by atoms with Gasteiger partial charge in [0.2, 0.25) is 0 Å². The van der Waals surface area contributed by atoms with E-state index in [1.54, 1.807) is 11.3 Å². The van der Waals surface area contributed by atoms with Crippen molar-refractivity contribution >= 4 is 17.3 Å². The Balaban J connectivity index is 1.68. The normalized spacial score (nSPS) is 18.1. The van der Waals surface area contributed by atoms with Crippen LogP contribution in [-0.4, -0.2) is 28.6 Å². The van der Waals surface area contributed by atoms with Gasteiger partial charge in [0.1, 0.15) is 18.4 Å². The standard InChI is InChI=1S/C23H23NO3S/c25-23(26)19-11-6-14-24(19)22(21-13-7-15-28-21)18-10-4-5-12-20(18)27-16-17-8-2-1-3-9-17/h1-5,7-10,12-13,15,19,22H,6,11,14,16H2,(H,25,26). The molecule has 1 N–H and O–H groups in total. The van der Waals surface area contributed by atoms with Crippen molar-refractivity contribution in [3.63, 3.8) is 0 Å². The number of rotatable bonds is 7. The molecule has 3 aromatic rings. The second-order valence-electron chi connectivity index (χ2n) is 6.96. The van der Waals surface area contributed by atoms with Gasteiger partial charge in [0.25, 0.3) is 0 Å². The second kappa shape index (κ2) is 8.59. The minimum Gasteiger partial charge on any atom is -0.489 e. The molecule has 0 spiro atoms. The Kier molecular flexibility index (Phi) is 5.74. The highest BCUT2D eigenvalue weighted by Crippen LogP contribution is 2.40. The zero-order valence-electron chi connectivity index (χ0n) is 15.5. The third-order valence-corrected chi connectivity index (χ3v) is 6.10. The van der Waals surface area contributed by atoms with Gasteiger partial charge in [0.15, 0.2) is 0 Å². The van der Waals surface area contributed by atoms with Crippen LogP contribution in [0, 0.1) is 0 Å². The van der Waals surface area contributed by atoms with Crippen molar-refractivity contribution in [2.75, 3.05) is 6.54 Å². The summed E-state index contributed by atoms with van der Waals surface area (Å²) in [6.45, 7) is 1.25. The van der Waals surface area contributed by atoms with Crippen molar-refractivity contribution in [2.24, 2.45) is 0 Å². The maximum absolute atomic E-state index is 11.8. The molecule has 1 aliphatic heterocycles. The van der Waals surface area contributed by atoms with E-state index < -0.39 is 12.0 Å². The Labute approximate surface area is 169 Å². The summed E-state index contributed by atoms with van der Waals surface area (Å²) in [5, 5.41) is 11.8.